The van der Waals surface area contributed by atoms with E-state index in [-0.39, 0.29) is 57.1 Å². The molecule has 1 saturated heterocycles. The molecular weight excluding hydrogens is 401 g/mol. The van der Waals surface area contributed by atoms with E-state index in [1.165, 1.54) is 28.7 Å². The summed E-state index contributed by atoms with van der Waals surface area (Å²) >= 11 is 0. The van der Waals surface area contributed by atoms with Crippen molar-refractivity contribution in [3.05, 3.63) is 33.0 Å². The van der Waals surface area contributed by atoms with Gasteiger partial charge in [0.05, 0.1) is 5.75 Å². The van der Waals surface area contributed by atoms with E-state index in [0.717, 1.165) is 70.1 Å². The summed E-state index contributed by atoms with van der Waals surface area (Å²) in [5.41, 5.74) is 5.82. The van der Waals surface area contributed by atoms with Crippen molar-refractivity contribution in [3.63, 3.8) is 0 Å². The standard InChI is InChI=1S/C20H29N3O3S.K/c24-20(22-27(25,26)13-12-23-10-2-1-3-11-23)21-19-17-8-4-6-15(17)14-16-7-5-9-18(16)19;/h14H,1-13H2,(H2,21,22,24);/q;+1/p-1. The third-order valence-corrected chi connectivity index (χ3v) is 7.18. The van der Waals surface area contributed by atoms with Gasteiger partial charge in [-0.3, -0.25) is 4.79 Å². The Kier molecular flexibility index (Phi) is 8.03. The summed E-state index contributed by atoms with van der Waals surface area (Å²) < 4.78 is 28.1. The van der Waals surface area contributed by atoms with Gasteiger partial charge < -0.3 is 14.9 Å². The number of piperidine rings is 1. The predicted octanol–water partition coefficient (Wildman–Crippen LogP) is 0.389. The molecule has 1 aliphatic heterocycles. The number of urea groups is 1. The quantitative estimate of drug-likeness (QED) is 0.687. The van der Waals surface area contributed by atoms with Crippen molar-refractivity contribution in [3.8, 4) is 0 Å². The molecule has 148 valence electrons. The van der Waals surface area contributed by atoms with E-state index >= 15 is 0 Å². The smallest absolute Gasteiger partial charge is 0.423 e. The van der Waals surface area contributed by atoms with Crippen LogP contribution in [0.3, 0.4) is 0 Å². The molecule has 0 unspecified atom stereocenters. The van der Waals surface area contributed by atoms with Crippen molar-refractivity contribution in [2.75, 3.05) is 30.7 Å². The molecule has 28 heavy (non-hydrogen) atoms. The molecule has 4 rings (SSSR count). The zero-order valence-corrected chi connectivity index (χ0v) is 20.7. The molecule has 2 aliphatic carbocycles. The van der Waals surface area contributed by atoms with Crippen LogP contribution in [-0.4, -0.2) is 44.7 Å². The van der Waals surface area contributed by atoms with Crippen LogP contribution in [0.1, 0.15) is 54.4 Å². The fraction of sp³-hybridized carbons (Fsp3) is 0.650. The number of sulfonamides is 1. The number of nitrogens with one attached hydrogen (secondary N) is 1. The largest absolute Gasteiger partial charge is 1.00 e. The van der Waals surface area contributed by atoms with Crippen LogP contribution in [0.5, 0.6) is 0 Å². The molecule has 2 amide bonds. The molecule has 1 fully saturated rings. The number of likely N-dealkylation sites (tertiary alicyclic amines) is 1. The van der Waals surface area contributed by atoms with E-state index in [4.69, 9.17) is 0 Å². The third-order valence-electron chi connectivity index (χ3n) is 6.04. The van der Waals surface area contributed by atoms with Gasteiger partial charge in [0.25, 0.3) is 0 Å². The first-order valence-corrected chi connectivity index (χ1v) is 11.8. The molecule has 1 heterocycles. The van der Waals surface area contributed by atoms with E-state index in [1.54, 1.807) is 0 Å². The van der Waals surface area contributed by atoms with Crippen molar-refractivity contribution in [2.24, 2.45) is 0 Å². The van der Waals surface area contributed by atoms with Gasteiger partial charge >= 0.3 is 51.4 Å². The van der Waals surface area contributed by atoms with Crippen molar-refractivity contribution < 1.29 is 64.6 Å². The Morgan fingerprint density at radius 1 is 0.964 bits per heavy atom. The maximum atomic E-state index is 12.4. The van der Waals surface area contributed by atoms with Crippen LogP contribution in [0.25, 0.3) is 4.72 Å². The molecule has 8 heteroatoms. The molecule has 1 aromatic rings. The SMILES string of the molecule is O=C([N-]S(=O)(=O)CCN1CCCCC1)Nc1c2c(cc3c1CCC3)CCC2.[K+]. The molecule has 0 radical (unpaired) electrons. The first kappa shape index (κ1) is 22.7. The number of carbonyl (C=O) groups is 1. The third kappa shape index (κ3) is 5.39. The van der Waals surface area contributed by atoms with E-state index in [2.05, 4.69) is 21.0 Å². The summed E-state index contributed by atoms with van der Waals surface area (Å²) in [6.07, 6.45) is 9.58. The second-order valence-electron chi connectivity index (χ2n) is 7.94. The molecule has 0 atom stereocenters. The number of amides is 2. The fourth-order valence-electron chi connectivity index (χ4n) is 4.70. The maximum absolute atomic E-state index is 12.4. The number of hydrogen-bond donors (Lipinski definition) is 1. The minimum Gasteiger partial charge on any atom is -0.423 e. The molecule has 3 aliphatic rings. The van der Waals surface area contributed by atoms with E-state index in [1.807, 2.05) is 0 Å². The van der Waals surface area contributed by atoms with Gasteiger partial charge in [-0.2, -0.15) is 0 Å². The second-order valence-corrected chi connectivity index (χ2v) is 9.70. The summed E-state index contributed by atoms with van der Waals surface area (Å²) in [4.78, 5) is 14.6. The molecule has 0 saturated carbocycles. The Balaban J connectivity index is 0.00000225. The number of benzene rings is 1. The summed E-state index contributed by atoms with van der Waals surface area (Å²) in [5, 5.41) is 2.84. The minimum atomic E-state index is -3.76. The van der Waals surface area contributed by atoms with E-state index < -0.39 is 16.1 Å². The molecule has 1 N–H and O–H groups in total. The average molecular weight is 430 g/mol. The predicted molar refractivity (Wildman–Crippen MR) is 107 cm³/mol. The molecular formula is C20H28KN3O3S. The van der Waals surface area contributed by atoms with Gasteiger partial charge in [-0.15, -0.1) is 0 Å². The van der Waals surface area contributed by atoms with Crippen LogP contribution < -0.4 is 56.7 Å². The van der Waals surface area contributed by atoms with Crippen LogP contribution in [0.2, 0.25) is 0 Å². The van der Waals surface area contributed by atoms with Crippen LogP contribution in [0.4, 0.5) is 10.5 Å². The number of hydrogen-bond acceptors (Lipinski definition) is 4. The van der Waals surface area contributed by atoms with Crippen LogP contribution in [0, 0.1) is 0 Å². The zero-order chi connectivity index (χ0) is 18.9. The summed E-state index contributed by atoms with van der Waals surface area (Å²) in [6.45, 7) is 2.32. The monoisotopic (exact) mass is 429 g/mol. The van der Waals surface area contributed by atoms with Gasteiger partial charge in [-0.05, 0) is 92.4 Å². The Bertz CT molecular complexity index is 803. The minimum absolute atomic E-state index is 0. The first-order valence-electron chi connectivity index (χ1n) is 10.2. The Labute approximate surface area is 210 Å². The second kappa shape index (κ2) is 9.90. The van der Waals surface area contributed by atoms with Gasteiger partial charge in [0.2, 0.25) is 0 Å². The summed E-state index contributed by atoms with van der Waals surface area (Å²) in [5.74, 6) is -0.0918. The topological polar surface area (TPSA) is 80.6 Å². The number of anilines is 1. The van der Waals surface area contributed by atoms with E-state index in [0.29, 0.717) is 6.54 Å². The molecule has 6 nitrogen and oxygen atoms in total. The van der Waals surface area contributed by atoms with Gasteiger partial charge in [0, 0.05) is 6.54 Å². The molecule has 0 aromatic heterocycles. The fourth-order valence-corrected chi connectivity index (χ4v) is 5.57. The zero-order valence-electron chi connectivity index (χ0n) is 16.8. The van der Waals surface area contributed by atoms with Gasteiger partial charge in [-0.1, -0.05) is 12.5 Å². The summed E-state index contributed by atoms with van der Waals surface area (Å²) in [7, 11) is -3.76. The molecule has 0 bridgehead atoms. The number of aryl methyl sites for hydroxylation is 2. The Morgan fingerprint density at radius 3 is 2.18 bits per heavy atom. The number of nitrogens with zero attached hydrogens (tertiary/aromatic N) is 2. The van der Waals surface area contributed by atoms with Gasteiger partial charge in [-0.25, -0.2) is 8.42 Å². The van der Waals surface area contributed by atoms with Gasteiger partial charge in [0.15, 0.2) is 16.1 Å². The maximum Gasteiger partial charge on any atom is 1.00 e. The Morgan fingerprint density at radius 2 is 1.57 bits per heavy atom. The normalized spacial score (nSPS) is 18.9. The van der Waals surface area contributed by atoms with Crippen molar-refractivity contribution in [1.29, 1.82) is 0 Å². The van der Waals surface area contributed by atoms with Crippen molar-refractivity contribution >= 4 is 21.7 Å². The van der Waals surface area contributed by atoms with Crippen molar-refractivity contribution in [2.45, 2.75) is 57.8 Å². The average Bonchev–Trinajstić information content (AvgIpc) is 3.29. The van der Waals surface area contributed by atoms with Crippen LogP contribution in [0.15, 0.2) is 6.07 Å². The van der Waals surface area contributed by atoms with Crippen LogP contribution in [-0.2, 0) is 35.7 Å². The van der Waals surface area contributed by atoms with Crippen LogP contribution >= 0.6 is 0 Å². The summed E-state index contributed by atoms with van der Waals surface area (Å²) in [6, 6.07) is 1.54. The number of rotatable bonds is 5. The number of fused-ring (bicyclic) bond motifs is 2. The number of carbonyl (C=O) groups excluding carboxylic acids is 1. The Hall–Kier alpha value is 0.0364. The van der Waals surface area contributed by atoms with Gasteiger partial charge in [0.1, 0.15) is 0 Å². The first-order chi connectivity index (χ1) is 13.0. The molecule has 0 spiro atoms. The molecule has 1 aromatic carbocycles. The van der Waals surface area contributed by atoms with Crippen molar-refractivity contribution in [1.82, 2.24) is 4.90 Å². The van der Waals surface area contributed by atoms with E-state index in [9.17, 15) is 13.2 Å².